The van der Waals surface area contributed by atoms with Gasteiger partial charge in [0.05, 0.1) is 0 Å². The van der Waals surface area contributed by atoms with Crippen LogP contribution in [0.5, 0.6) is 0 Å². The number of rotatable bonds is 3. The summed E-state index contributed by atoms with van der Waals surface area (Å²) in [6.45, 7) is 10.5. The molecule has 0 aromatic carbocycles. The van der Waals surface area contributed by atoms with Crippen molar-refractivity contribution in [1.29, 1.82) is 0 Å². The summed E-state index contributed by atoms with van der Waals surface area (Å²) in [5.41, 5.74) is 0.0811. The van der Waals surface area contributed by atoms with E-state index < -0.39 is 0 Å². The lowest BCUT2D eigenvalue weighted by molar-refractivity contribution is -0.123. The first kappa shape index (κ1) is 12.5. The molecule has 1 aliphatic rings. The van der Waals surface area contributed by atoms with Crippen LogP contribution in [0.25, 0.3) is 0 Å². The fourth-order valence-corrected chi connectivity index (χ4v) is 2.01. The van der Waals surface area contributed by atoms with E-state index in [1.165, 1.54) is 6.42 Å². The molecule has 1 rings (SSSR count). The molecule has 1 saturated heterocycles. The highest BCUT2D eigenvalue weighted by atomic mass is 16.1. The summed E-state index contributed by atoms with van der Waals surface area (Å²) in [4.78, 5) is 11.7. The third-order valence-corrected chi connectivity index (χ3v) is 2.89. The van der Waals surface area contributed by atoms with Crippen LogP contribution in [0.4, 0.5) is 0 Å². The average molecular weight is 212 g/mol. The van der Waals surface area contributed by atoms with Crippen molar-refractivity contribution in [3.8, 4) is 0 Å². The summed E-state index contributed by atoms with van der Waals surface area (Å²) in [7, 11) is 0. The molecule has 3 heteroatoms. The molecule has 2 unspecified atom stereocenters. The van der Waals surface area contributed by atoms with Gasteiger partial charge in [0, 0.05) is 12.5 Å². The van der Waals surface area contributed by atoms with Gasteiger partial charge in [0.2, 0.25) is 5.91 Å². The third kappa shape index (κ3) is 4.65. The Balaban J connectivity index is 2.30. The van der Waals surface area contributed by atoms with E-state index >= 15 is 0 Å². The van der Waals surface area contributed by atoms with Crippen molar-refractivity contribution in [1.82, 2.24) is 10.6 Å². The summed E-state index contributed by atoms with van der Waals surface area (Å²) in [6.07, 6.45) is 1.79. The number of hydrogen-bond donors (Lipinski definition) is 2. The topological polar surface area (TPSA) is 41.1 Å². The Labute approximate surface area is 93.0 Å². The molecule has 0 aromatic heterocycles. The summed E-state index contributed by atoms with van der Waals surface area (Å²) in [5.74, 6) is 0.788. The zero-order chi connectivity index (χ0) is 11.5. The minimum absolute atomic E-state index is 0.0811. The molecule has 0 spiro atoms. The summed E-state index contributed by atoms with van der Waals surface area (Å²) < 4.78 is 0. The van der Waals surface area contributed by atoms with E-state index in [0.29, 0.717) is 18.4 Å². The molecule has 1 amide bonds. The molecule has 1 heterocycles. The molecule has 1 fully saturated rings. The van der Waals surface area contributed by atoms with Crippen molar-refractivity contribution in [2.24, 2.45) is 11.3 Å². The molecule has 0 bridgehead atoms. The fourth-order valence-electron chi connectivity index (χ4n) is 2.01. The van der Waals surface area contributed by atoms with Crippen LogP contribution in [0.3, 0.4) is 0 Å². The molecule has 88 valence electrons. The van der Waals surface area contributed by atoms with E-state index in [4.69, 9.17) is 0 Å². The van der Waals surface area contributed by atoms with Crippen LogP contribution in [0.15, 0.2) is 0 Å². The second-order valence-electron chi connectivity index (χ2n) is 5.85. The smallest absolute Gasteiger partial charge is 0.220 e. The van der Waals surface area contributed by atoms with Gasteiger partial charge in [-0.1, -0.05) is 20.8 Å². The largest absolute Gasteiger partial charge is 0.353 e. The maximum absolute atomic E-state index is 11.7. The van der Waals surface area contributed by atoms with Gasteiger partial charge in [0.25, 0.3) is 0 Å². The van der Waals surface area contributed by atoms with E-state index in [0.717, 1.165) is 13.1 Å². The van der Waals surface area contributed by atoms with Crippen molar-refractivity contribution in [2.75, 3.05) is 13.1 Å². The maximum Gasteiger partial charge on any atom is 0.220 e. The van der Waals surface area contributed by atoms with Crippen LogP contribution in [0.2, 0.25) is 0 Å². The zero-order valence-corrected chi connectivity index (χ0v) is 10.4. The van der Waals surface area contributed by atoms with Crippen LogP contribution in [-0.2, 0) is 4.79 Å². The van der Waals surface area contributed by atoms with Gasteiger partial charge in [-0.15, -0.1) is 0 Å². The van der Waals surface area contributed by atoms with Gasteiger partial charge < -0.3 is 10.6 Å². The fraction of sp³-hybridized carbons (Fsp3) is 0.917. The van der Waals surface area contributed by atoms with E-state index in [9.17, 15) is 4.79 Å². The molecule has 1 aliphatic heterocycles. The van der Waals surface area contributed by atoms with E-state index in [-0.39, 0.29) is 11.3 Å². The van der Waals surface area contributed by atoms with Crippen LogP contribution in [0.1, 0.15) is 40.5 Å². The minimum Gasteiger partial charge on any atom is -0.353 e. The van der Waals surface area contributed by atoms with Crippen molar-refractivity contribution in [2.45, 2.75) is 46.6 Å². The lowest BCUT2D eigenvalue weighted by Crippen LogP contribution is -2.40. The Bertz CT molecular complexity index is 214. The molecule has 3 nitrogen and oxygen atoms in total. The predicted molar refractivity (Wildman–Crippen MR) is 62.7 cm³/mol. The second-order valence-corrected chi connectivity index (χ2v) is 5.85. The Kier molecular flexibility index (Phi) is 4.14. The number of amides is 1. The predicted octanol–water partition coefficient (Wildman–Crippen LogP) is 1.54. The van der Waals surface area contributed by atoms with Crippen molar-refractivity contribution < 1.29 is 4.79 Å². The molecule has 0 aliphatic carbocycles. The van der Waals surface area contributed by atoms with E-state index in [1.54, 1.807) is 0 Å². The lowest BCUT2D eigenvalue weighted by atomic mass is 9.91. The third-order valence-electron chi connectivity index (χ3n) is 2.89. The number of carbonyl (C=O) groups excluding carboxylic acids is 1. The van der Waals surface area contributed by atoms with Crippen LogP contribution in [0, 0.1) is 11.3 Å². The summed E-state index contributed by atoms with van der Waals surface area (Å²) in [6, 6.07) is 0.301. The van der Waals surface area contributed by atoms with Gasteiger partial charge in [-0.05, 0) is 37.8 Å². The molecule has 2 atom stereocenters. The second kappa shape index (κ2) is 4.97. The van der Waals surface area contributed by atoms with Crippen molar-refractivity contribution in [3.05, 3.63) is 0 Å². The Morgan fingerprint density at radius 2 is 2.20 bits per heavy atom. The van der Waals surface area contributed by atoms with Gasteiger partial charge in [0.1, 0.15) is 0 Å². The Hall–Kier alpha value is -0.570. The first-order chi connectivity index (χ1) is 6.88. The summed E-state index contributed by atoms with van der Waals surface area (Å²) >= 11 is 0. The monoisotopic (exact) mass is 212 g/mol. The van der Waals surface area contributed by atoms with Crippen LogP contribution in [-0.4, -0.2) is 25.0 Å². The molecule has 15 heavy (non-hydrogen) atoms. The van der Waals surface area contributed by atoms with Gasteiger partial charge in [0.15, 0.2) is 0 Å². The number of carbonyl (C=O) groups is 1. The highest BCUT2D eigenvalue weighted by molar-refractivity contribution is 5.76. The van der Waals surface area contributed by atoms with Crippen molar-refractivity contribution >= 4 is 5.91 Å². The molecule has 0 aromatic rings. The quantitative estimate of drug-likeness (QED) is 0.745. The first-order valence-electron chi connectivity index (χ1n) is 5.88. The Morgan fingerprint density at radius 3 is 2.67 bits per heavy atom. The minimum atomic E-state index is 0.0811. The highest BCUT2D eigenvalue weighted by Crippen LogP contribution is 2.19. The van der Waals surface area contributed by atoms with Gasteiger partial charge in [-0.25, -0.2) is 0 Å². The standard InChI is InChI=1S/C12H24N2O/c1-9(10-5-6-13-8-10)14-11(15)7-12(2,3)4/h9-10,13H,5-8H2,1-4H3,(H,14,15). The van der Waals surface area contributed by atoms with E-state index in [2.05, 4.69) is 38.3 Å². The maximum atomic E-state index is 11.7. The molecular weight excluding hydrogens is 188 g/mol. The highest BCUT2D eigenvalue weighted by Gasteiger charge is 2.24. The number of nitrogens with one attached hydrogen (secondary N) is 2. The normalized spacial score (nSPS) is 23.9. The van der Waals surface area contributed by atoms with Crippen molar-refractivity contribution in [3.63, 3.8) is 0 Å². The molecule has 0 saturated carbocycles. The summed E-state index contributed by atoms with van der Waals surface area (Å²) in [5, 5.41) is 6.42. The number of hydrogen-bond acceptors (Lipinski definition) is 2. The molecule has 2 N–H and O–H groups in total. The van der Waals surface area contributed by atoms with Gasteiger partial charge in [-0.3, -0.25) is 4.79 Å². The SMILES string of the molecule is CC(NC(=O)CC(C)(C)C)C1CCNC1. The average Bonchev–Trinajstić information content (AvgIpc) is 2.50. The Morgan fingerprint density at radius 1 is 1.53 bits per heavy atom. The van der Waals surface area contributed by atoms with Gasteiger partial charge >= 0.3 is 0 Å². The van der Waals surface area contributed by atoms with Gasteiger partial charge in [-0.2, -0.15) is 0 Å². The van der Waals surface area contributed by atoms with Crippen LogP contribution >= 0.6 is 0 Å². The molecule has 0 radical (unpaired) electrons. The van der Waals surface area contributed by atoms with E-state index in [1.807, 2.05) is 0 Å². The zero-order valence-electron chi connectivity index (χ0n) is 10.4. The first-order valence-corrected chi connectivity index (χ1v) is 5.88. The molecular formula is C12H24N2O. The lowest BCUT2D eigenvalue weighted by Gasteiger charge is -2.23. The van der Waals surface area contributed by atoms with Crippen LogP contribution < -0.4 is 10.6 Å².